The van der Waals surface area contributed by atoms with Crippen LogP contribution in [-0.2, 0) is 21.1 Å². The van der Waals surface area contributed by atoms with Crippen LogP contribution in [0.3, 0.4) is 0 Å². The van der Waals surface area contributed by atoms with Crippen LogP contribution in [0.2, 0.25) is 5.02 Å². The maximum Gasteiger partial charge on any atom is 0.387 e. The summed E-state index contributed by atoms with van der Waals surface area (Å²) in [7, 11) is -2.92. The summed E-state index contributed by atoms with van der Waals surface area (Å²) in [5.41, 5.74) is 0.451. The molecule has 0 aliphatic heterocycles. The second-order valence-corrected chi connectivity index (χ2v) is 6.95. The zero-order valence-corrected chi connectivity index (χ0v) is 15.7. The lowest BCUT2D eigenvalue weighted by Crippen LogP contribution is -2.15. The van der Waals surface area contributed by atoms with Crippen molar-refractivity contribution in [2.75, 3.05) is 7.11 Å². The first kappa shape index (κ1) is 21.8. The summed E-state index contributed by atoms with van der Waals surface area (Å²) in [6.45, 7) is -3.44. The van der Waals surface area contributed by atoms with Crippen molar-refractivity contribution in [2.24, 2.45) is 0 Å². The van der Waals surface area contributed by atoms with Crippen LogP contribution in [0, 0.1) is 0 Å². The molecule has 28 heavy (non-hydrogen) atoms. The van der Waals surface area contributed by atoms with Gasteiger partial charge in [-0.05, 0) is 18.2 Å². The molecule has 0 amide bonds. The fourth-order valence-corrected chi connectivity index (χ4v) is 3.47. The monoisotopic (exact) mass is 437 g/mol. The molecule has 0 aliphatic rings. The number of alkyl halides is 2. The Morgan fingerprint density at radius 3 is 2.68 bits per heavy atom. The maximum atomic E-state index is 12.5. The number of benzene rings is 1. The minimum absolute atomic E-state index is 0. The SMILES string of the molecule is COc1c(Cl)ccnc1COS(=O)(=O)n1cnc2cc(OC(F)F)ccc21.O. The number of aromatic nitrogens is 3. The van der Waals surface area contributed by atoms with Crippen LogP contribution in [0.25, 0.3) is 11.0 Å². The van der Waals surface area contributed by atoms with E-state index in [1.54, 1.807) is 0 Å². The number of halogens is 3. The van der Waals surface area contributed by atoms with Crippen molar-refractivity contribution in [1.82, 2.24) is 13.9 Å². The number of hydrogen-bond acceptors (Lipinski definition) is 7. The highest BCUT2D eigenvalue weighted by Gasteiger charge is 2.20. The molecular weight excluding hydrogens is 424 g/mol. The number of fused-ring (bicyclic) bond motifs is 1. The Balaban J connectivity index is 0.00000280. The van der Waals surface area contributed by atoms with Crippen molar-refractivity contribution in [3.05, 3.63) is 47.5 Å². The first-order chi connectivity index (χ1) is 12.8. The van der Waals surface area contributed by atoms with Crippen molar-refractivity contribution < 1.29 is 36.3 Å². The second kappa shape index (κ2) is 8.65. The Hall–Kier alpha value is -2.54. The van der Waals surface area contributed by atoms with E-state index in [-0.39, 0.29) is 38.7 Å². The van der Waals surface area contributed by atoms with Gasteiger partial charge in [0.05, 0.1) is 23.2 Å². The molecule has 0 unspecified atom stereocenters. The van der Waals surface area contributed by atoms with Gasteiger partial charge in [-0.2, -0.15) is 17.2 Å². The molecule has 9 nitrogen and oxygen atoms in total. The van der Waals surface area contributed by atoms with Gasteiger partial charge in [-0.3, -0.25) is 4.98 Å². The van der Waals surface area contributed by atoms with Crippen LogP contribution in [0.5, 0.6) is 11.5 Å². The summed E-state index contributed by atoms with van der Waals surface area (Å²) in [5.74, 6) is 0.0487. The normalized spacial score (nSPS) is 11.5. The molecule has 13 heteroatoms. The lowest BCUT2D eigenvalue weighted by atomic mass is 10.3. The van der Waals surface area contributed by atoms with E-state index in [9.17, 15) is 17.2 Å². The molecular formula is C15H14ClF2N3O6S. The Kier molecular flexibility index (Phi) is 6.72. The van der Waals surface area contributed by atoms with Crippen LogP contribution in [0.15, 0.2) is 36.8 Å². The second-order valence-electron chi connectivity index (χ2n) is 5.06. The van der Waals surface area contributed by atoms with Crippen LogP contribution in [-0.4, -0.2) is 41.6 Å². The highest BCUT2D eigenvalue weighted by molar-refractivity contribution is 7.85. The summed E-state index contributed by atoms with van der Waals surface area (Å²) in [5, 5.41) is 0.253. The van der Waals surface area contributed by atoms with E-state index in [4.69, 9.17) is 20.5 Å². The van der Waals surface area contributed by atoms with Crippen molar-refractivity contribution in [3.63, 3.8) is 0 Å². The highest BCUT2D eigenvalue weighted by atomic mass is 35.5. The van der Waals surface area contributed by atoms with Crippen LogP contribution >= 0.6 is 11.6 Å². The molecule has 2 aromatic heterocycles. The summed E-state index contributed by atoms with van der Waals surface area (Å²) in [4.78, 5) is 7.86. The van der Waals surface area contributed by atoms with Gasteiger partial charge in [-0.1, -0.05) is 11.6 Å². The standard InChI is InChI=1S/C15H12ClF2N3O5S.H2O/c1-24-14-10(16)4-5-19-12(14)7-25-27(22,23)21-8-20-11-6-9(26-15(17)18)2-3-13(11)21;/h2-6,8,15H,7H2,1H3;1H2. The van der Waals surface area contributed by atoms with E-state index >= 15 is 0 Å². The van der Waals surface area contributed by atoms with E-state index in [1.165, 1.54) is 37.6 Å². The number of nitrogens with zero attached hydrogens (tertiary/aromatic N) is 3. The van der Waals surface area contributed by atoms with E-state index in [2.05, 4.69) is 14.7 Å². The van der Waals surface area contributed by atoms with E-state index in [0.29, 0.717) is 0 Å². The fourth-order valence-electron chi connectivity index (χ4n) is 2.29. The molecule has 2 heterocycles. The van der Waals surface area contributed by atoms with E-state index in [1.807, 2.05) is 0 Å². The number of pyridine rings is 1. The summed E-state index contributed by atoms with van der Waals surface area (Å²) in [6.07, 6.45) is 2.38. The third-order valence-electron chi connectivity index (χ3n) is 3.43. The van der Waals surface area contributed by atoms with Gasteiger partial charge < -0.3 is 14.9 Å². The van der Waals surface area contributed by atoms with Gasteiger partial charge in [0.15, 0.2) is 5.75 Å². The Bertz CT molecular complexity index is 1080. The number of imidazole rings is 1. The lowest BCUT2D eigenvalue weighted by Gasteiger charge is -2.10. The minimum Gasteiger partial charge on any atom is -0.493 e. The van der Waals surface area contributed by atoms with Gasteiger partial charge in [0, 0.05) is 12.3 Å². The number of rotatable bonds is 7. The molecule has 3 aromatic rings. The lowest BCUT2D eigenvalue weighted by molar-refractivity contribution is -0.0497. The molecule has 0 radical (unpaired) electrons. The maximum absolute atomic E-state index is 12.5. The third-order valence-corrected chi connectivity index (χ3v) is 4.92. The van der Waals surface area contributed by atoms with Gasteiger partial charge in [-0.25, -0.2) is 13.1 Å². The largest absolute Gasteiger partial charge is 0.493 e. The molecule has 0 spiro atoms. The average Bonchev–Trinajstić information content (AvgIpc) is 3.03. The quantitative estimate of drug-likeness (QED) is 0.554. The van der Waals surface area contributed by atoms with Crippen molar-refractivity contribution in [3.8, 4) is 11.5 Å². The minimum atomic E-state index is -4.29. The van der Waals surface area contributed by atoms with Gasteiger partial charge >= 0.3 is 16.9 Å². The molecule has 0 bridgehead atoms. The zero-order valence-electron chi connectivity index (χ0n) is 14.2. The van der Waals surface area contributed by atoms with Crippen molar-refractivity contribution in [2.45, 2.75) is 13.2 Å². The summed E-state index contributed by atoms with van der Waals surface area (Å²) >= 11 is 5.96. The predicted octanol–water partition coefficient (Wildman–Crippen LogP) is 2.18. The molecule has 152 valence electrons. The van der Waals surface area contributed by atoms with E-state index in [0.717, 1.165) is 10.3 Å². The number of hydrogen-bond donors (Lipinski definition) is 0. The molecule has 0 saturated carbocycles. The molecule has 3 rings (SSSR count). The summed E-state index contributed by atoms with van der Waals surface area (Å²) < 4.78 is 64.6. The predicted molar refractivity (Wildman–Crippen MR) is 94.9 cm³/mol. The third kappa shape index (κ3) is 4.47. The van der Waals surface area contributed by atoms with Gasteiger partial charge in [0.2, 0.25) is 0 Å². The van der Waals surface area contributed by atoms with Crippen LogP contribution in [0.4, 0.5) is 8.78 Å². The van der Waals surface area contributed by atoms with Crippen LogP contribution in [0.1, 0.15) is 5.69 Å². The highest BCUT2D eigenvalue weighted by Crippen LogP contribution is 2.28. The number of methoxy groups -OCH3 is 1. The Morgan fingerprint density at radius 2 is 2.00 bits per heavy atom. The van der Waals surface area contributed by atoms with Crippen molar-refractivity contribution >= 4 is 32.9 Å². The Labute approximate surface area is 163 Å². The average molecular weight is 438 g/mol. The fraction of sp³-hybridized carbons (Fsp3) is 0.200. The van der Waals surface area contributed by atoms with Gasteiger partial charge in [-0.15, -0.1) is 0 Å². The molecule has 2 N–H and O–H groups in total. The molecule has 0 aliphatic carbocycles. The summed E-state index contributed by atoms with van der Waals surface area (Å²) in [6, 6.07) is 5.15. The van der Waals surface area contributed by atoms with Gasteiger partial charge in [0.1, 0.15) is 24.4 Å². The smallest absolute Gasteiger partial charge is 0.387 e. The topological polar surface area (TPSA) is 124 Å². The molecule has 1 aromatic carbocycles. The first-order valence-electron chi connectivity index (χ1n) is 7.31. The molecule has 0 fully saturated rings. The van der Waals surface area contributed by atoms with Crippen LogP contribution < -0.4 is 9.47 Å². The Morgan fingerprint density at radius 1 is 1.25 bits per heavy atom. The molecule has 0 atom stereocenters. The van der Waals surface area contributed by atoms with Gasteiger partial charge in [0.25, 0.3) is 0 Å². The first-order valence-corrected chi connectivity index (χ1v) is 9.05. The zero-order chi connectivity index (χ0) is 19.6. The number of ether oxygens (including phenoxy) is 2. The van der Waals surface area contributed by atoms with Crippen molar-refractivity contribution in [1.29, 1.82) is 0 Å². The van der Waals surface area contributed by atoms with E-state index < -0.39 is 23.5 Å². The molecule has 0 saturated heterocycles.